The van der Waals surface area contributed by atoms with Crippen LogP contribution in [0.3, 0.4) is 0 Å². The Morgan fingerprint density at radius 1 is 1.00 bits per heavy atom. The Morgan fingerprint density at radius 2 is 1.67 bits per heavy atom. The number of primary sulfonamides is 1. The highest BCUT2D eigenvalue weighted by Crippen LogP contribution is 2.26. The van der Waals surface area contributed by atoms with Crippen molar-refractivity contribution in [1.82, 2.24) is 20.3 Å². The van der Waals surface area contributed by atoms with Crippen molar-refractivity contribution in [2.45, 2.75) is 38.3 Å². The molecule has 5 N–H and O–H groups in total. The van der Waals surface area contributed by atoms with E-state index in [-0.39, 0.29) is 29.8 Å². The fourth-order valence-electron chi connectivity index (χ4n) is 3.69. The van der Waals surface area contributed by atoms with Crippen LogP contribution >= 0.6 is 22.9 Å². The zero-order valence-corrected chi connectivity index (χ0v) is 25.1. The van der Waals surface area contributed by atoms with Gasteiger partial charge in [0, 0.05) is 24.2 Å². The summed E-state index contributed by atoms with van der Waals surface area (Å²) in [6.07, 6.45) is -0.0342. The number of nitrogens with two attached hydrogens (primary N) is 1. The Kier molecular flexibility index (Phi) is 10.1. The van der Waals surface area contributed by atoms with Crippen molar-refractivity contribution in [3.8, 4) is 0 Å². The zero-order valence-electron chi connectivity index (χ0n) is 22.7. The number of esters is 1. The number of aromatic nitrogens is 3. The third kappa shape index (κ3) is 8.69. The normalized spacial score (nSPS) is 11.1. The van der Waals surface area contributed by atoms with Crippen LogP contribution in [0.4, 0.5) is 16.9 Å². The number of hydrogen-bond donors (Lipinski definition) is 4. The monoisotopic (exact) mass is 629 g/mol. The molecule has 0 aliphatic heterocycles. The Balaban J connectivity index is 1.52. The molecular formula is C27H28ClN7O5S2. The predicted molar refractivity (Wildman–Crippen MR) is 160 cm³/mol. The quantitative estimate of drug-likeness (QED) is 0.168. The van der Waals surface area contributed by atoms with Gasteiger partial charge in [-0.1, -0.05) is 47.2 Å². The summed E-state index contributed by atoms with van der Waals surface area (Å²) >= 11 is 7.03. The molecule has 0 unspecified atom stereocenters. The summed E-state index contributed by atoms with van der Waals surface area (Å²) in [6.45, 7) is 4.28. The number of hydrogen-bond acceptors (Lipinski definition) is 11. The number of halogens is 1. The van der Waals surface area contributed by atoms with Gasteiger partial charge in [-0.2, -0.15) is 4.98 Å². The fraction of sp³-hybridized carbons (Fsp3) is 0.222. The predicted octanol–water partition coefficient (Wildman–Crippen LogP) is 3.93. The highest BCUT2D eigenvalue weighted by Gasteiger charge is 2.18. The van der Waals surface area contributed by atoms with Crippen LogP contribution in [0.1, 0.15) is 39.1 Å². The molecule has 42 heavy (non-hydrogen) atoms. The number of ether oxygens (including phenoxy) is 1. The molecule has 0 fully saturated rings. The van der Waals surface area contributed by atoms with Gasteiger partial charge in [-0.25, -0.2) is 28.3 Å². The van der Waals surface area contributed by atoms with Gasteiger partial charge in [0.2, 0.25) is 21.9 Å². The number of sulfonamides is 1. The zero-order chi connectivity index (χ0) is 30.3. The number of thiazole rings is 1. The standard InChI is InChI=1S/C27H28ClN7O5S2/c1-3-40-25(37)24-16(2)32-27(41-24)35-26-33-20(13-23(36)31-15-17-4-8-19(28)9-5-17)12-22(34-26)30-14-18-6-10-21(11-7-18)42(29,38)39/h4-12H,3,13-15H2,1-2H3,(H,31,36)(H2,29,38,39)(H2,30,32,33,34,35). The molecule has 4 aromatic rings. The van der Waals surface area contributed by atoms with Crippen LogP contribution in [-0.2, 0) is 39.1 Å². The summed E-state index contributed by atoms with van der Waals surface area (Å²) in [4.78, 5) is 38.7. The molecule has 0 atom stereocenters. The fourth-order valence-corrected chi connectivity index (χ4v) is 5.18. The lowest BCUT2D eigenvalue weighted by atomic mass is 10.2. The molecule has 2 aromatic carbocycles. The minimum Gasteiger partial charge on any atom is -0.462 e. The first-order valence-corrected chi connectivity index (χ1v) is 15.4. The van der Waals surface area contributed by atoms with E-state index in [0.29, 0.717) is 45.3 Å². The minimum atomic E-state index is -3.80. The Morgan fingerprint density at radius 3 is 2.33 bits per heavy atom. The lowest BCUT2D eigenvalue weighted by Crippen LogP contribution is -2.25. The molecule has 2 aromatic heterocycles. The number of nitrogens with zero attached hydrogens (tertiary/aromatic N) is 3. The van der Waals surface area contributed by atoms with Crippen molar-refractivity contribution >= 4 is 61.7 Å². The Labute approximate surface area is 251 Å². The number of nitrogens with one attached hydrogen (secondary N) is 3. The molecule has 0 bridgehead atoms. The maximum absolute atomic E-state index is 12.8. The molecule has 0 aliphatic carbocycles. The van der Waals surface area contributed by atoms with Gasteiger partial charge in [0.15, 0.2) is 5.13 Å². The lowest BCUT2D eigenvalue weighted by Gasteiger charge is -2.11. The van der Waals surface area contributed by atoms with E-state index in [4.69, 9.17) is 21.5 Å². The van der Waals surface area contributed by atoms with E-state index in [2.05, 4.69) is 30.9 Å². The van der Waals surface area contributed by atoms with Crippen molar-refractivity contribution < 1.29 is 22.7 Å². The van der Waals surface area contributed by atoms with Gasteiger partial charge >= 0.3 is 5.97 Å². The molecule has 0 saturated heterocycles. The van der Waals surface area contributed by atoms with Crippen molar-refractivity contribution in [2.24, 2.45) is 5.14 Å². The first-order valence-electron chi connectivity index (χ1n) is 12.7. The van der Waals surface area contributed by atoms with Crippen LogP contribution in [0.5, 0.6) is 0 Å². The summed E-state index contributed by atoms with van der Waals surface area (Å²) in [6, 6.07) is 14.9. The highest BCUT2D eigenvalue weighted by molar-refractivity contribution is 7.89. The second-order valence-corrected chi connectivity index (χ2v) is 12.0. The summed E-state index contributed by atoms with van der Waals surface area (Å²) in [5, 5.41) is 15.2. The van der Waals surface area contributed by atoms with Gasteiger partial charge in [0.25, 0.3) is 0 Å². The molecule has 0 radical (unpaired) electrons. The van der Waals surface area contributed by atoms with Gasteiger partial charge in [-0.05, 0) is 49.2 Å². The van der Waals surface area contributed by atoms with E-state index in [9.17, 15) is 18.0 Å². The van der Waals surface area contributed by atoms with Crippen LogP contribution in [-0.4, -0.2) is 41.9 Å². The van der Waals surface area contributed by atoms with Gasteiger partial charge < -0.3 is 15.4 Å². The summed E-state index contributed by atoms with van der Waals surface area (Å²) in [7, 11) is -3.80. The molecule has 0 aliphatic rings. The largest absolute Gasteiger partial charge is 0.462 e. The van der Waals surface area contributed by atoms with Crippen molar-refractivity contribution in [3.63, 3.8) is 0 Å². The van der Waals surface area contributed by atoms with Gasteiger partial charge in [-0.15, -0.1) is 0 Å². The second kappa shape index (κ2) is 13.7. The van der Waals surface area contributed by atoms with E-state index in [1.807, 2.05) is 12.1 Å². The number of carbonyl (C=O) groups excluding carboxylic acids is 2. The molecule has 4 rings (SSSR count). The average molecular weight is 630 g/mol. The molecule has 1 amide bonds. The molecular weight excluding hydrogens is 602 g/mol. The first-order chi connectivity index (χ1) is 20.0. The Hall–Kier alpha value is -4.11. The van der Waals surface area contributed by atoms with Crippen LogP contribution in [0.2, 0.25) is 5.02 Å². The minimum absolute atomic E-state index is 0.00704. The molecule has 15 heteroatoms. The van der Waals surface area contributed by atoms with Crippen molar-refractivity contribution in [1.29, 1.82) is 0 Å². The third-order valence-corrected chi connectivity index (χ3v) is 7.96. The highest BCUT2D eigenvalue weighted by atomic mass is 35.5. The van der Waals surface area contributed by atoms with Crippen LogP contribution in [0.15, 0.2) is 59.5 Å². The molecule has 0 saturated carbocycles. The van der Waals surface area contributed by atoms with E-state index in [1.54, 1.807) is 44.2 Å². The SMILES string of the molecule is CCOC(=O)c1sc(Nc2nc(CC(=O)NCc3ccc(Cl)cc3)cc(NCc3ccc(S(N)(=O)=O)cc3)n2)nc1C. The smallest absolute Gasteiger partial charge is 0.350 e. The maximum atomic E-state index is 12.8. The number of anilines is 3. The summed E-state index contributed by atoms with van der Waals surface area (Å²) in [5.74, 6) is -0.158. The summed E-state index contributed by atoms with van der Waals surface area (Å²) in [5.41, 5.74) is 2.59. The molecule has 2 heterocycles. The first kappa shape index (κ1) is 30.8. The topological polar surface area (TPSA) is 178 Å². The van der Waals surface area contributed by atoms with E-state index < -0.39 is 16.0 Å². The van der Waals surface area contributed by atoms with Gasteiger partial charge in [0.05, 0.1) is 29.3 Å². The maximum Gasteiger partial charge on any atom is 0.350 e. The number of benzene rings is 2. The lowest BCUT2D eigenvalue weighted by molar-refractivity contribution is -0.120. The van der Waals surface area contributed by atoms with Crippen LogP contribution < -0.4 is 21.1 Å². The van der Waals surface area contributed by atoms with Crippen molar-refractivity contribution in [3.05, 3.63) is 87.0 Å². The molecule has 0 spiro atoms. The van der Waals surface area contributed by atoms with Crippen LogP contribution in [0, 0.1) is 6.92 Å². The number of aryl methyl sites for hydroxylation is 1. The second-order valence-electron chi connectivity index (χ2n) is 8.97. The number of rotatable bonds is 12. The average Bonchev–Trinajstić information content (AvgIpc) is 3.31. The third-order valence-electron chi connectivity index (χ3n) is 5.73. The van der Waals surface area contributed by atoms with Gasteiger partial charge in [0.1, 0.15) is 10.7 Å². The van der Waals surface area contributed by atoms with E-state index >= 15 is 0 Å². The van der Waals surface area contributed by atoms with Crippen LogP contribution in [0.25, 0.3) is 0 Å². The van der Waals surface area contributed by atoms with Crippen molar-refractivity contribution in [2.75, 3.05) is 17.2 Å². The molecule has 220 valence electrons. The number of amides is 1. The summed E-state index contributed by atoms with van der Waals surface area (Å²) < 4.78 is 28.2. The Bertz CT molecular complexity index is 1680. The van der Waals surface area contributed by atoms with E-state index in [0.717, 1.165) is 22.5 Å². The van der Waals surface area contributed by atoms with E-state index in [1.165, 1.54) is 12.1 Å². The number of carbonyl (C=O) groups is 2. The van der Waals surface area contributed by atoms with Gasteiger partial charge in [-0.3, -0.25) is 10.1 Å². The molecule has 12 nitrogen and oxygen atoms in total.